The van der Waals surface area contributed by atoms with Crippen LogP contribution >= 0.6 is 11.3 Å². The quantitative estimate of drug-likeness (QED) is 0.564. The van der Waals surface area contributed by atoms with Gasteiger partial charge in [0, 0.05) is 24.4 Å². The molecule has 6 heteroatoms. The van der Waals surface area contributed by atoms with Crippen molar-refractivity contribution in [2.24, 2.45) is 0 Å². The SMILES string of the molecule is O=C(CCCC(=O)OCCCc1ccccc1)Nc1nccs1. The van der Waals surface area contributed by atoms with Crippen LogP contribution < -0.4 is 5.32 Å². The molecule has 0 unspecified atom stereocenters. The second kappa shape index (κ2) is 9.74. The minimum Gasteiger partial charge on any atom is -0.466 e. The van der Waals surface area contributed by atoms with Gasteiger partial charge in [-0.1, -0.05) is 30.3 Å². The van der Waals surface area contributed by atoms with E-state index in [4.69, 9.17) is 4.74 Å². The van der Waals surface area contributed by atoms with Crippen LogP contribution in [0.2, 0.25) is 0 Å². The average molecular weight is 332 g/mol. The van der Waals surface area contributed by atoms with E-state index < -0.39 is 0 Å². The maximum absolute atomic E-state index is 11.6. The monoisotopic (exact) mass is 332 g/mol. The fraction of sp³-hybridized carbons (Fsp3) is 0.353. The molecule has 23 heavy (non-hydrogen) atoms. The number of ether oxygens (including phenoxy) is 1. The summed E-state index contributed by atoms with van der Waals surface area (Å²) in [5.41, 5.74) is 1.24. The minimum atomic E-state index is -0.250. The molecule has 1 aromatic heterocycles. The molecule has 1 heterocycles. The highest BCUT2D eigenvalue weighted by Gasteiger charge is 2.07. The Hall–Kier alpha value is -2.21. The number of aryl methyl sites for hydroxylation is 1. The van der Waals surface area contributed by atoms with Crippen LogP contribution in [0.4, 0.5) is 5.13 Å². The zero-order valence-corrected chi connectivity index (χ0v) is 13.7. The molecule has 0 aliphatic rings. The molecule has 2 rings (SSSR count). The van der Waals surface area contributed by atoms with E-state index in [1.807, 2.05) is 18.2 Å². The number of rotatable bonds is 9. The predicted molar refractivity (Wildman–Crippen MR) is 90.3 cm³/mol. The van der Waals surface area contributed by atoms with Gasteiger partial charge in [-0.15, -0.1) is 11.3 Å². The van der Waals surface area contributed by atoms with Crippen molar-refractivity contribution in [3.05, 3.63) is 47.5 Å². The summed E-state index contributed by atoms with van der Waals surface area (Å²) in [6.45, 7) is 0.416. The summed E-state index contributed by atoms with van der Waals surface area (Å²) in [7, 11) is 0. The van der Waals surface area contributed by atoms with Crippen molar-refractivity contribution in [2.75, 3.05) is 11.9 Å². The van der Waals surface area contributed by atoms with Gasteiger partial charge >= 0.3 is 5.97 Å². The molecule has 122 valence electrons. The molecule has 0 saturated heterocycles. The Labute approximate surface area is 139 Å². The van der Waals surface area contributed by atoms with Crippen molar-refractivity contribution in [1.29, 1.82) is 0 Å². The summed E-state index contributed by atoms with van der Waals surface area (Å²) in [4.78, 5) is 27.2. The van der Waals surface area contributed by atoms with Crippen LogP contribution in [0.15, 0.2) is 41.9 Å². The van der Waals surface area contributed by atoms with Crippen molar-refractivity contribution in [3.63, 3.8) is 0 Å². The van der Waals surface area contributed by atoms with Crippen LogP contribution in [0, 0.1) is 0 Å². The fourth-order valence-corrected chi connectivity index (χ4v) is 2.58. The highest BCUT2D eigenvalue weighted by molar-refractivity contribution is 7.13. The molecule has 0 radical (unpaired) electrons. The van der Waals surface area contributed by atoms with E-state index >= 15 is 0 Å². The lowest BCUT2D eigenvalue weighted by Crippen LogP contribution is -2.12. The number of nitrogens with zero attached hydrogens (tertiary/aromatic N) is 1. The number of hydrogen-bond acceptors (Lipinski definition) is 5. The van der Waals surface area contributed by atoms with Gasteiger partial charge in [-0.25, -0.2) is 4.98 Å². The molecule has 0 saturated carbocycles. The predicted octanol–water partition coefficient (Wildman–Crippen LogP) is 3.43. The van der Waals surface area contributed by atoms with Crippen LogP contribution in [0.5, 0.6) is 0 Å². The minimum absolute atomic E-state index is 0.128. The van der Waals surface area contributed by atoms with Crippen LogP contribution in [-0.2, 0) is 20.7 Å². The van der Waals surface area contributed by atoms with Crippen molar-refractivity contribution >= 4 is 28.3 Å². The summed E-state index contributed by atoms with van der Waals surface area (Å²) >= 11 is 1.37. The Morgan fingerprint density at radius 1 is 1.13 bits per heavy atom. The van der Waals surface area contributed by atoms with Gasteiger partial charge in [-0.3, -0.25) is 9.59 Å². The van der Waals surface area contributed by atoms with E-state index in [1.54, 1.807) is 11.6 Å². The Morgan fingerprint density at radius 3 is 2.70 bits per heavy atom. The second-order valence-electron chi connectivity index (χ2n) is 5.05. The Bertz CT molecular complexity index is 600. The highest BCUT2D eigenvalue weighted by atomic mass is 32.1. The molecule has 2 aromatic rings. The van der Waals surface area contributed by atoms with E-state index in [2.05, 4.69) is 22.4 Å². The van der Waals surface area contributed by atoms with Gasteiger partial charge in [0.15, 0.2) is 5.13 Å². The summed E-state index contributed by atoms with van der Waals surface area (Å²) in [6.07, 6.45) is 4.36. The van der Waals surface area contributed by atoms with E-state index in [-0.39, 0.29) is 18.3 Å². The first-order valence-corrected chi connectivity index (χ1v) is 8.51. The number of benzene rings is 1. The van der Waals surface area contributed by atoms with E-state index in [9.17, 15) is 9.59 Å². The number of hydrogen-bond donors (Lipinski definition) is 1. The third-order valence-electron chi connectivity index (χ3n) is 3.18. The number of nitrogens with one attached hydrogen (secondary N) is 1. The Kier molecular flexibility index (Phi) is 7.26. The number of carbonyl (C=O) groups excluding carboxylic acids is 2. The number of esters is 1. The lowest BCUT2D eigenvalue weighted by atomic mass is 10.1. The zero-order valence-electron chi connectivity index (χ0n) is 12.9. The van der Waals surface area contributed by atoms with Crippen LogP contribution in [0.25, 0.3) is 0 Å². The van der Waals surface area contributed by atoms with Crippen molar-refractivity contribution in [3.8, 4) is 0 Å². The Balaban J connectivity index is 1.50. The van der Waals surface area contributed by atoms with Crippen LogP contribution in [0.3, 0.4) is 0 Å². The molecule has 0 atom stereocenters. The molecule has 0 bridgehead atoms. The number of anilines is 1. The molecule has 0 aliphatic heterocycles. The van der Waals surface area contributed by atoms with Gasteiger partial charge < -0.3 is 10.1 Å². The molecular weight excluding hydrogens is 312 g/mol. The largest absolute Gasteiger partial charge is 0.466 e. The third kappa shape index (κ3) is 7.06. The Morgan fingerprint density at radius 2 is 1.96 bits per heavy atom. The lowest BCUT2D eigenvalue weighted by Gasteiger charge is -2.05. The summed E-state index contributed by atoms with van der Waals surface area (Å²) < 4.78 is 5.17. The fourth-order valence-electron chi connectivity index (χ4n) is 2.04. The first-order valence-electron chi connectivity index (χ1n) is 7.63. The maximum Gasteiger partial charge on any atom is 0.305 e. The molecule has 0 spiro atoms. The van der Waals surface area contributed by atoms with Crippen molar-refractivity contribution in [2.45, 2.75) is 32.1 Å². The molecule has 0 aliphatic carbocycles. The standard InChI is InChI=1S/C17H20N2O3S/c20-15(19-17-18-11-13-23-17)9-4-10-16(21)22-12-5-8-14-6-2-1-3-7-14/h1-3,6-7,11,13H,4-5,8-10,12H2,(H,18,19,20). The van der Waals surface area contributed by atoms with E-state index in [0.717, 1.165) is 12.8 Å². The van der Waals surface area contributed by atoms with Gasteiger partial charge in [0.05, 0.1) is 6.61 Å². The third-order valence-corrected chi connectivity index (χ3v) is 3.87. The van der Waals surface area contributed by atoms with Crippen molar-refractivity contribution in [1.82, 2.24) is 4.98 Å². The number of amides is 1. The van der Waals surface area contributed by atoms with Crippen LogP contribution in [0.1, 0.15) is 31.2 Å². The molecular formula is C17H20N2O3S. The average Bonchev–Trinajstić information content (AvgIpc) is 3.05. The normalized spacial score (nSPS) is 10.3. The summed E-state index contributed by atoms with van der Waals surface area (Å²) in [5.74, 6) is -0.378. The highest BCUT2D eigenvalue weighted by Crippen LogP contribution is 2.11. The molecule has 0 fully saturated rings. The van der Waals surface area contributed by atoms with Gasteiger partial charge in [0.25, 0.3) is 0 Å². The maximum atomic E-state index is 11.6. The molecule has 1 N–H and O–H groups in total. The van der Waals surface area contributed by atoms with Crippen molar-refractivity contribution < 1.29 is 14.3 Å². The molecule has 1 aromatic carbocycles. The van der Waals surface area contributed by atoms with E-state index in [1.165, 1.54) is 16.9 Å². The second-order valence-corrected chi connectivity index (χ2v) is 5.94. The summed E-state index contributed by atoms with van der Waals surface area (Å²) in [5, 5.41) is 5.06. The van der Waals surface area contributed by atoms with Gasteiger partial charge in [-0.05, 0) is 24.8 Å². The first-order chi connectivity index (χ1) is 11.2. The lowest BCUT2D eigenvalue weighted by molar-refractivity contribution is -0.143. The number of thiazole rings is 1. The topological polar surface area (TPSA) is 68.3 Å². The summed E-state index contributed by atoms with van der Waals surface area (Å²) in [6, 6.07) is 10.1. The zero-order chi connectivity index (χ0) is 16.3. The first kappa shape index (κ1) is 17.1. The molecule has 5 nitrogen and oxygen atoms in total. The van der Waals surface area contributed by atoms with Gasteiger partial charge in [0.1, 0.15) is 0 Å². The molecule has 1 amide bonds. The van der Waals surface area contributed by atoms with Gasteiger partial charge in [-0.2, -0.15) is 0 Å². The smallest absolute Gasteiger partial charge is 0.305 e. The van der Waals surface area contributed by atoms with Gasteiger partial charge in [0.2, 0.25) is 5.91 Å². The van der Waals surface area contributed by atoms with Crippen LogP contribution in [-0.4, -0.2) is 23.5 Å². The number of carbonyl (C=O) groups is 2. The number of aromatic nitrogens is 1. The van der Waals surface area contributed by atoms with E-state index in [0.29, 0.717) is 24.6 Å².